The van der Waals surface area contributed by atoms with E-state index in [2.05, 4.69) is 20.8 Å². The van der Waals surface area contributed by atoms with Crippen molar-refractivity contribution in [3.63, 3.8) is 0 Å². The fraction of sp³-hybridized carbons (Fsp3) is 0.286. The maximum Gasteiger partial charge on any atom is 0.227 e. The van der Waals surface area contributed by atoms with Gasteiger partial charge in [0.1, 0.15) is 11.6 Å². The van der Waals surface area contributed by atoms with Crippen molar-refractivity contribution in [1.29, 1.82) is 0 Å². The summed E-state index contributed by atoms with van der Waals surface area (Å²) in [6.45, 7) is 2.84. The smallest absolute Gasteiger partial charge is 0.227 e. The van der Waals surface area contributed by atoms with E-state index in [9.17, 15) is 14.0 Å². The molecule has 9 nitrogen and oxygen atoms in total. The van der Waals surface area contributed by atoms with Crippen molar-refractivity contribution >= 4 is 17.5 Å². The van der Waals surface area contributed by atoms with Crippen LogP contribution in [0.4, 0.5) is 10.1 Å². The number of nitrogens with one attached hydrogen (secondary N) is 1. The summed E-state index contributed by atoms with van der Waals surface area (Å²) in [5.41, 5.74) is 1.30. The van der Waals surface area contributed by atoms with Crippen LogP contribution in [0.2, 0.25) is 0 Å². The van der Waals surface area contributed by atoms with Crippen LogP contribution in [0.15, 0.2) is 48.5 Å². The number of nitrogens with zero attached hydrogens (tertiary/aromatic N) is 5. The molecule has 2 heterocycles. The number of benzene rings is 2. The second kappa shape index (κ2) is 8.90. The Bertz CT molecular complexity index is 1070. The Morgan fingerprint density at radius 3 is 2.58 bits per heavy atom. The van der Waals surface area contributed by atoms with Crippen molar-refractivity contribution in [3.05, 3.63) is 60.2 Å². The normalized spacial score (nSPS) is 15.9. The molecule has 0 bridgehead atoms. The number of hydrogen-bond donors (Lipinski definition) is 1. The highest BCUT2D eigenvalue weighted by Gasteiger charge is 2.35. The summed E-state index contributed by atoms with van der Waals surface area (Å²) in [5, 5.41) is 14.2. The molecule has 0 radical (unpaired) electrons. The van der Waals surface area contributed by atoms with Gasteiger partial charge in [0.05, 0.1) is 24.8 Å². The lowest BCUT2D eigenvalue weighted by Crippen LogP contribution is -2.33. The second-order valence-electron chi connectivity index (χ2n) is 7.03. The quantitative estimate of drug-likeness (QED) is 0.621. The second-order valence-corrected chi connectivity index (χ2v) is 7.03. The van der Waals surface area contributed by atoms with Crippen LogP contribution >= 0.6 is 0 Å². The van der Waals surface area contributed by atoms with Crippen molar-refractivity contribution < 1.29 is 18.7 Å². The molecule has 0 aliphatic carbocycles. The minimum atomic E-state index is -0.478. The third-order valence-corrected chi connectivity index (χ3v) is 4.98. The predicted octanol–water partition coefficient (Wildman–Crippen LogP) is 1.87. The van der Waals surface area contributed by atoms with E-state index in [-0.39, 0.29) is 30.6 Å². The fourth-order valence-electron chi connectivity index (χ4n) is 3.43. The number of rotatable bonds is 7. The van der Waals surface area contributed by atoms with Gasteiger partial charge < -0.3 is 15.0 Å². The van der Waals surface area contributed by atoms with E-state index in [1.165, 1.54) is 16.8 Å². The molecule has 160 valence electrons. The zero-order chi connectivity index (χ0) is 21.8. The highest BCUT2D eigenvalue weighted by atomic mass is 19.1. The van der Waals surface area contributed by atoms with Gasteiger partial charge in [-0.1, -0.05) is 0 Å². The number of anilines is 1. The zero-order valence-corrected chi connectivity index (χ0v) is 16.9. The van der Waals surface area contributed by atoms with Gasteiger partial charge in [-0.2, -0.15) is 4.68 Å². The molecule has 4 rings (SSSR count). The van der Waals surface area contributed by atoms with Crippen LogP contribution in [0.25, 0.3) is 5.69 Å². The molecule has 1 aliphatic rings. The van der Waals surface area contributed by atoms with E-state index in [1.54, 1.807) is 41.3 Å². The molecule has 2 aromatic carbocycles. The lowest BCUT2D eigenvalue weighted by atomic mass is 10.1. The van der Waals surface area contributed by atoms with Crippen LogP contribution in [0.5, 0.6) is 5.75 Å². The van der Waals surface area contributed by atoms with Crippen molar-refractivity contribution in [1.82, 2.24) is 25.5 Å². The van der Waals surface area contributed by atoms with Gasteiger partial charge in [-0.15, -0.1) is 5.10 Å². The Balaban J connectivity index is 1.37. The Labute approximate surface area is 177 Å². The Morgan fingerprint density at radius 2 is 1.87 bits per heavy atom. The molecule has 1 aliphatic heterocycles. The molecule has 31 heavy (non-hydrogen) atoms. The molecule has 1 N–H and O–H groups in total. The van der Waals surface area contributed by atoms with Crippen LogP contribution in [0, 0.1) is 11.7 Å². The van der Waals surface area contributed by atoms with E-state index in [4.69, 9.17) is 4.74 Å². The van der Waals surface area contributed by atoms with Crippen LogP contribution in [0.1, 0.15) is 19.2 Å². The standard InChI is InChI=1S/C21H21FN6O3/c1-2-31-18-9-7-16(8-10-18)27-13-14(11-20(27)29)21(30)23-12-19-24-25-26-28(19)17-5-3-15(22)4-6-17/h3-10,14H,2,11-13H2,1H3,(H,23,30). The molecule has 1 atom stereocenters. The molecule has 1 aromatic heterocycles. The summed E-state index contributed by atoms with van der Waals surface area (Å²) in [4.78, 5) is 26.7. The van der Waals surface area contributed by atoms with E-state index in [1.807, 2.05) is 6.92 Å². The maximum atomic E-state index is 13.1. The summed E-state index contributed by atoms with van der Waals surface area (Å²) in [5.74, 6) is -0.0847. The number of amides is 2. The summed E-state index contributed by atoms with van der Waals surface area (Å²) in [6, 6.07) is 12.9. The number of carbonyl (C=O) groups excluding carboxylic acids is 2. The molecule has 0 saturated carbocycles. The summed E-state index contributed by atoms with van der Waals surface area (Å²) in [6.07, 6.45) is 0.127. The van der Waals surface area contributed by atoms with E-state index in [0.29, 0.717) is 24.7 Å². The minimum Gasteiger partial charge on any atom is -0.494 e. The fourth-order valence-corrected chi connectivity index (χ4v) is 3.43. The van der Waals surface area contributed by atoms with Gasteiger partial charge in [0.25, 0.3) is 0 Å². The van der Waals surface area contributed by atoms with E-state index in [0.717, 1.165) is 11.4 Å². The van der Waals surface area contributed by atoms with Crippen molar-refractivity contribution in [2.75, 3.05) is 18.1 Å². The minimum absolute atomic E-state index is 0.0803. The largest absolute Gasteiger partial charge is 0.494 e. The van der Waals surface area contributed by atoms with Gasteiger partial charge in [-0.05, 0) is 65.9 Å². The monoisotopic (exact) mass is 424 g/mol. The SMILES string of the molecule is CCOc1ccc(N2CC(C(=O)NCc3nnnn3-c3ccc(F)cc3)CC2=O)cc1. The molecule has 1 saturated heterocycles. The van der Waals surface area contributed by atoms with Crippen LogP contribution in [-0.2, 0) is 16.1 Å². The molecule has 10 heteroatoms. The first-order valence-corrected chi connectivity index (χ1v) is 9.89. The number of hydrogen-bond acceptors (Lipinski definition) is 6. The highest BCUT2D eigenvalue weighted by Crippen LogP contribution is 2.27. The van der Waals surface area contributed by atoms with Crippen molar-refractivity contribution in [2.45, 2.75) is 19.9 Å². The third-order valence-electron chi connectivity index (χ3n) is 4.98. The van der Waals surface area contributed by atoms with Gasteiger partial charge in [0.15, 0.2) is 5.82 Å². The first-order chi connectivity index (χ1) is 15.0. The Kier molecular flexibility index (Phi) is 5.87. The summed E-state index contributed by atoms with van der Waals surface area (Å²) >= 11 is 0. The van der Waals surface area contributed by atoms with E-state index < -0.39 is 5.92 Å². The van der Waals surface area contributed by atoms with Gasteiger partial charge in [0, 0.05) is 18.7 Å². The third kappa shape index (κ3) is 4.52. The Morgan fingerprint density at radius 1 is 1.16 bits per heavy atom. The first-order valence-electron chi connectivity index (χ1n) is 9.89. The average molecular weight is 424 g/mol. The average Bonchev–Trinajstić information content (AvgIpc) is 3.40. The molecule has 1 fully saturated rings. The van der Waals surface area contributed by atoms with Crippen molar-refractivity contribution in [2.24, 2.45) is 5.92 Å². The molecule has 3 aromatic rings. The van der Waals surface area contributed by atoms with Gasteiger partial charge in [-0.3, -0.25) is 9.59 Å². The zero-order valence-electron chi connectivity index (χ0n) is 16.9. The first kappa shape index (κ1) is 20.5. The molecular formula is C21H21FN6O3. The van der Waals surface area contributed by atoms with Crippen molar-refractivity contribution in [3.8, 4) is 11.4 Å². The number of halogens is 1. The molecular weight excluding hydrogens is 403 g/mol. The van der Waals surface area contributed by atoms with Crippen LogP contribution in [-0.4, -0.2) is 45.2 Å². The Hall–Kier alpha value is -3.82. The molecule has 1 unspecified atom stereocenters. The lowest BCUT2D eigenvalue weighted by molar-refractivity contribution is -0.126. The summed E-state index contributed by atoms with van der Waals surface area (Å²) in [7, 11) is 0. The number of tetrazole rings is 1. The number of ether oxygens (including phenoxy) is 1. The van der Waals surface area contributed by atoms with Gasteiger partial charge in [-0.25, -0.2) is 4.39 Å². The number of carbonyl (C=O) groups is 2. The lowest BCUT2D eigenvalue weighted by Gasteiger charge is -2.17. The number of aromatic nitrogens is 4. The van der Waals surface area contributed by atoms with Gasteiger partial charge >= 0.3 is 0 Å². The predicted molar refractivity (Wildman–Crippen MR) is 109 cm³/mol. The maximum absolute atomic E-state index is 13.1. The van der Waals surface area contributed by atoms with E-state index >= 15 is 0 Å². The van der Waals surface area contributed by atoms with Crippen LogP contribution < -0.4 is 15.0 Å². The molecule has 2 amide bonds. The molecule has 0 spiro atoms. The van der Waals surface area contributed by atoms with Gasteiger partial charge in [0.2, 0.25) is 11.8 Å². The highest BCUT2D eigenvalue weighted by molar-refractivity contribution is 6.00. The summed E-state index contributed by atoms with van der Waals surface area (Å²) < 4.78 is 20.0. The topological polar surface area (TPSA) is 102 Å². The van der Waals surface area contributed by atoms with Crippen LogP contribution in [0.3, 0.4) is 0 Å².